The molecule has 0 saturated carbocycles. The van der Waals surface area contributed by atoms with Gasteiger partial charge in [-0.1, -0.05) is 18.2 Å². The fourth-order valence-corrected chi connectivity index (χ4v) is 0.428. The predicted molar refractivity (Wildman–Crippen MR) is 45.6 cm³/mol. The molecule has 0 aliphatic heterocycles. The second kappa shape index (κ2) is 6.92. The molecule has 0 aliphatic rings. The van der Waals surface area contributed by atoms with Crippen LogP contribution in [0.3, 0.4) is 0 Å². The van der Waals surface area contributed by atoms with Crippen LogP contribution in [0.15, 0.2) is 30.3 Å². The van der Waals surface area contributed by atoms with Crippen LogP contribution >= 0.6 is 0 Å². The SMILES string of the molecule is C[Te]C.Oc1ccccc1. The van der Waals surface area contributed by atoms with Gasteiger partial charge in [-0.25, -0.2) is 0 Å². The van der Waals surface area contributed by atoms with Crippen molar-refractivity contribution in [1.82, 2.24) is 0 Å². The van der Waals surface area contributed by atoms with Crippen LogP contribution in [-0.2, 0) is 0 Å². The monoisotopic (exact) mass is 254 g/mol. The van der Waals surface area contributed by atoms with Crippen molar-refractivity contribution < 1.29 is 5.11 Å². The molecule has 56 valence electrons. The van der Waals surface area contributed by atoms with Crippen LogP contribution in [0, 0.1) is 0 Å². The summed E-state index contributed by atoms with van der Waals surface area (Å²) in [5.41, 5.74) is 0. The van der Waals surface area contributed by atoms with E-state index in [1.54, 1.807) is 24.3 Å². The second-order valence-electron chi connectivity index (χ2n) is 1.74. The summed E-state index contributed by atoms with van der Waals surface area (Å²) in [5.74, 6) is 0.322. The molecule has 2 heteroatoms. The minimum atomic E-state index is 0.322. The standard InChI is InChI=1S/C6H6O.C2H6Te/c7-6-4-2-1-3-5-6;1-3-2/h1-5,7H;1-2H3. The zero-order valence-corrected chi connectivity index (χ0v) is 8.57. The van der Waals surface area contributed by atoms with Crippen molar-refractivity contribution in [2.24, 2.45) is 0 Å². The van der Waals surface area contributed by atoms with Gasteiger partial charge in [0.1, 0.15) is 5.75 Å². The van der Waals surface area contributed by atoms with Crippen LogP contribution in [-0.4, -0.2) is 26.0 Å². The van der Waals surface area contributed by atoms with Gasteiger partial charge >= 0.3 is 30.9 Å². The third-order valence-corrected chi connectivity index (χ3v) is 0.756. The first kappa shape index (κ1) is 9.81. The zero-order valence-electron chi connectivity index (χ0n) is 6.24. The normalized spacial score (nSPS) is 7.80. The van der Waals surface area contributed by atoms with Gasteiger partial charge in [-0.15, -0.1) is 0 Å². The molecule has 1 rings (SSSR count). The number of phenols is 1. The molecule has 0 bridgehead atoms. The third-order valence-electron chi connectivity index (χ3n) is 0.756. The molecule has 0 aliphatic carbocycles. The number of para-hydroxylation sites is 1. The molecule has 0 spiro atoms. The Labute approximate surface area is 72.2 Å². The number of benzene rings is 1. The summed E-state index contributed by atoms with van der Waals surface area (Å²) >= 11 is 0.470. The van der Waals surface area contributed by atoms with Crippen LogP contribution in [0.1, 0.15) is 0 Å². The molecule has 0 amide bonds. The number of rotatable bonds is 0. The van der Waals surface area contributed by atoms with E-state index >= 15 is 0 Å². The van der Waals surface area contributed by atoms with E-state index in [2.05, 4.69) is 9.94 Å². The van der Waals surface area contributed by atoms with Crippen molar-refractivity contribution in [3.63, 3.8) is 0 Å². The molecule has 0 saturated heterocycles. The fraction of sp³-hybridized carbons (Fsp3) is 0.250. The summed E-state index contributed by atoms with van der Waals surface area (Å²) in [6.45, 7) is 0. The number of aromatic hydroxyl groups is 1. The summed E-state index contributed by atoms with van der Waals surface area (Å²) in [6.07, 6.45) is 0. The van der Waals surface area contributed by atoms with Gasteiger partial charge in [0.25, 0.3) is 0 Å². The van der Waals surface area contributed by atoms with Crippen molar-refractivity contribution in [3.8, 4) is 5.75 Å². The first-order chi connectivity index (χ1) is 4.81. The Kier molecular flexibility index (Phi) is 6.79. The van der Waals surface area contributed by atoms with Gasteiger partial charge < -0.3 is 5.11 Å². The van der Waals surface area contributed by atoms with Gasteiger partial charge in [-0.05, 0) is 12.1 Å². The van der Waals surface area contributed by atoms with E-state index in [0.29, 0.717) is 26.7 Å². The summed E-state index contributed by atoms with van der Waals surface area (Å²) in [7, 11) is 0. The van der Waals surface area contributed by atoms with E-state index in [1.807, 2.05) is 6.07 Å². The van der Waals surface area contributed by atoms with Gasteiger partial charge in [0.05, 0.1) is 0 Å². The van der Waals surface area contributed by atoms with Gasteiger partial charge in [-0.3, -0.25) is 0 Å². The Balaban J connectivity index is 0.000000236. The van der Waals surface area contributed by atoms with Crippen LogP contribution in [0.25, 0.3) is 0 Å². The van der Waals surface area contributed by atoms with E-state index in [9.17, 15) is 0 Å². The quantitative estimate of drug-likeness (QED) is 0.701. The second-order valence-corrected chi connectivity index (χ2v) is 4.07. The van der Waals surface area contributed by atoms with Crippen LogP contribution in [0.4, 0.5) is 0 Å². The molecule has 1 aromatic rings. The van der Waals surface area contributed by atoms with E-state index in [1.165, 1.54) is 0 Å². The van der Waals surface area contributed by atoms with Crippen molar-refractivity contribution >= 4 is 20.9 Å². The third kappa shape index (κ3) is 5.94. The molecule has 0 fully saturated rings. The first-order valence-corrected chi connectivity index (χ1v) is 7.61. The maximum Gasteiger partial charge on any atom is 0.115 e. The predicted octanol–water partition coefficient (Wildman–Crippen LogP) is 2.18. The first-order valence-electron chi connectivity index (χ1n) is 2.95. The van der Waals surface area contributed by atoms with Crippen molar-refractivity contribution in [2.45, 2.75) is 9.94 Å². The molecule has 0 atom stereocenters. The van der Waals surface area contributed by atoms with E-state index < -0.39 is 0 Å². The van der Waals surface area contributed by atoms with E-state index in [4.69, 9.17) is 5.11 Å². The molecule has 0 aromatic heterocycles. The van der Waals surface area contributed by atoms with Crippen LogP contribution in [0.2, 0.25) is 9.94 Å². The van der Waals surface area contributed by atoms with Crippen LogP contribution in [0.5, 0.6) is 5.75 Å². The average Bonchev–Trinajstić information content (AvgIpc) is 1.91. The van der Waals surface area contributed by atoms with E-state index in [0.717, 1.165) is 0 Å². The summed E-state index contributed by atoms with van der Waals surface area (Å²) < 4.78 is 0. The van der Waals surface area contributed by atoms with E-state index in [-0.39, 0.29) is 0 Å². The fourth-order valence-electron chi connectivity index (χ4n) is 0.428. The smallest absolute Gasteiger partial charge is 0.115 e. The van der Waals surface area contributed by atoms with Gasteiger partial charge in [0.2, 0.25) is 0 Å². The summed E-state index contributed by atoms with van der Waals surface area (Å²) in [4.78, 5) is 4.51. The van der Waals surface area contributed by atoms with Crippen molar-refractivity contribution in [1.29, 1.82) is 0 Å². The largest absolute Gasteiger partial charge is 0.508 e. The van der Waals surface area contributed by atoms with Crippen molar-refractivity contribution in [3.05, 3.63) is 30.3 Å². The topological polar surface area (TPSA) is 20.2 Å². The molecule has 10 heavy (non-hydrogen) atoms. The Morgan fingerprint density at radius 2 is 1.50 bits per heavy atom. The Morgan fingerprint density at radius 1 is 1.10 bits per heavy atom. The molecule has 0 radical (unpaired) electrons. The number of phenolic OH excluding ortho intramolecular Hbond substituents is 1. The molecule has 0 heterocycles. The van der Waals surface area contributed by atoms with Crippen molar-refractivity contribution in [2.75, 3.05) is 0 Å². The molecular weight excluding hydrogens is 240 g/mol. The Bertz CT molecular complexity index is 151. The number of hydrogen-bond donors (Lipinski definition) is 1. The maximum atomic E-state index is 8.63. The molecular formula is C8H12OTe. The summed E-state index contributed by atoms with van der Waals surface area (Å²) in [5, 5.41) is 8.63. The van der Waals surface area contributed by atoms with Gasteiger partial charge in [0.15, 0.2) is 0 Å². The molecule has 1 nitrogen and oxygen atoms in total. The zero-order chi connectivity index (χ0) is 7.82. The molecule has 0 unspecified atom stereocenters. The minimum Gasteiger partial charge on any atom is -0.508 e. The summed E-state index contributed by atoms with van der Waals surface area (Å²) in [6, 6.07) is 8.71. The Morgan fingerprint density at radius 3 is 1.70 bits per heavy atom. The number of hydrogen-bond acceptors (Lipinski definition) is 1. The van der Waals surface area contributed by atoms with Crippen LogP contribution < -0.4 is 0 Å². The van der Waals surface area contributed by atoms with Gasteiger partial charge in [0, 0.05) is 0 Å². The average molecular weight is 252 g/mol. The van der Waals surface area contributed by atoms with Gasteiger partial charge in [-0.2, -0.15) is 0 Å². The molecule has 1 N–H and O–H groups in total. The maximum absolute atomic E-state index is 8.63. The Hall–Kier alpha value is -0.190. The minimum absolute atomic E-state index is 0.322. The molecule has 1 aromatic carbocycles.